The first-order valence-corrected chi connectivity index (χ1v) is 7.11. The van der Waals surface area contributed by atoms with Gasteiger partial charge in [-0.1, -0.05) is 0 Å². The van der Waals surface area contributed by atoms with Gasteiger partial charge in [0, 0.05) is 6.54 Å². The monoisotopic (exact) mass is 293 g/mol. The van der Waals surface area contributed by atoms with Crippen LogP contribution in [0.2, 0.25) is 0 Å². The molecule has 1 heterocycles. The molecule has 1 saturated heterocycles. The quantitative estimate of drug-likeness (QED) is 0.798. The molecule has 116 valence electrons. The van der Waals surface area contributed by atoms with E-state index in [0.717, 1.165) is 25.9 Å². The molecule has 5 heteroatoms. The summed E-state index contributed by atoms with van der Waals surface area (Å²) in [5.74, 6) is 0.823. The van der Waals surface area contributed by atoms with Crippen molar-refractivity contribution in [2.75, 3.05) is 34.4 Å². The van der Waals surface area contributed by atoms with Crippen molar-refractivity contribution in [3.8, 4) is 11.5 Å². The van der Waals surface area contributed by atoms with E-state index in [4.69, 9.17) is 14.2 Å². The molecule has 0 spiro atoms. The number of ether oxygens (including phenoxy) is 3. The average molecular weight is 293 g/mol. The lowest BCUT2D eigenvalue weighted by atomic mass is 9.95. The van der Waals surface area contributed by atoms with Crippen LogP contribution in [0.3, 0.4) is 0 Å². The van der Waals surface area contributed by atoms with Gasteiger partial charge in [0.2, 0.25) is 0 Å². The lowest BCUT2D eigenvalue weighted by molar-refractivity contribution is 0.0135. The Morgan fingerprint density at radius 2 is 2.05 bits per heavy atom. The molecule has 1 aromatic rings. The summed E-state index contributed by atoms with van der Waals surface area (Å²) in [6.45, 7) is 4.02. The second-order valence-corrected chi connectivity index (χ2v) is 5.75. The van der Waals surface area contributed by atoms with Crippen molar-refractivity contribution >= 4 is 5.97 Å². The van der Waals surface area contributed by atoms with Crippen molar-refractivity contribution in [1.82, 2.24) is 4.90 Å². The zero-order chi connectivity index (χ0) is 15.5. The van der Waals surface area contributed by atoms with Crippen LogP contribution in [0.15, 0.2) is 18.2 Å². The number of likely N-dealkylation sites (N-methyl/N-ethyl adjacent to an activating group) is 1. The van der Waals surface area contributed by atoms with Gasteiger partial charge in [-0.3, -0.25) is 0 Å². The van der Waals surface area contributed by atoms with Crippen LogP contribution >= 0.6 is 0 Å². The predicted octanol–water partition coefficient (Wildman–Crippen LogP) is 2.34. The standard InChI is InChI=1S/C16H23NO4/c1-16(8-5-9-17(2)11-16)21-14-10-12(15(18)20-4)6-7-13(14)19-3/h6-7,10H,5,8-9,11H2,1-4H3. The minimum absolute atomic E-state index is 0.283. The van der Waals surface area contributed by atoms with Gasteiger partial charge in [0.25, 0.3) is 0 Å². The highest BCUT2D eigenvalue weighted by Crippen LogP contribution is 2.34. The zero-order valence-electron chi connectivity index (χ0n) is 13.1. The van der Waals surface area contributed by atoms with E-state index >= 15 is 0 Å². The summed E-state index contributed by atoms with van der Waals surface area (Å²) in [6.07, 6.45) is 2.06. The van der Waals surface area contributed by atoms with Crippen LogP contribution in [-0.4, -0.2) is 50.8 Å². The van der Waals surface area contributed by atoms with E-state index in [1.54, 1.807) is 25.3 Å². The number of hydrogen-bond acceptors (Lipinski definition) is 5. The lowest BCUT2D eigenvalue weighted by Crippen LogP contribution is -2.48. The third-order valence-electron chi connectivity index (χ3n) is 3.79. The summed E-state index contributed by atoms with van der Waals surface area (Å²) in [4.78, 5) is 13.9. The Hall–Kier alpha value is -1.75. The third-order valence-corrected chi connectivity index (χ3v) is 3.79. The SMILES string of the molecule is COC(=O)c1ccc(OC)c(OC2(C)CCCN(C)C2)c1. The van der Waals surface area contributed by atoms with Crippen LogP contribution < -0.4 is 9.47 Å². The van der Waals surface area contributed by atoms with Crippen LogP contribution in [0.4, 0.5) is 0 Å². The van der Waals surface area contributed by atoms with E-state index in [1.165, 1.54) is 7.11 Å². The number of rotatable bonds is 4. The van der Waals surface area contributed by atoms with E-state index < -0.39 is 0 Å². The Morgan fingerprint density at radius 1 is 1.29 bits per heavy atom. The van der Waals surface area contributed by atoms with Crippen molar-refractivity contribution in [1.29, 1.82) is 0 Å². The van der Waals surface area contributed by atoms with Crippen LogP contribution in [0, 0.1) is 0 Å². The van der Waals surface area contributed by atoms with Gasteiger partial charge in [-0.2, -0.15) is 0 Å². The van der Waals surface area contributed by atoms with E-state index in [0.29, 0.717) is 17.1 Å². The summed E-state index contributed by atoms with van der Waals surface area (Å²) in [5, 5.41) is 0. The fourth-order valence-electron chi connectivity index (χ4n) is 2.80. The predicted molar refractivity (Wildman–Crippen MR) is 80.1 cm³/mol. The number of methoxy groups -OCH3 is 2. The van der Waals surface area contributed by atoms with Crippen molar-refractivity contribution in [3.05, 3.63) is 23.8 Å². The number of nitrogens with zero attached hydrogens (tertiary/aromatic N) is 1. The molecular formula is C16H23NO4. The van der Waals surface area contributed by atoms with Gasteiger partial charge in [-0.15, -0.1) is 0 Å². The van der Waals surface area contributed by atoms with Crippen LogP contribution in [0.5, 0.6) is 11.5 Å². The summed E-state index contributed by atoms with van der Waals surface area (Å²) >= 11 is 0. The maximum Gasteiger partial charge on any atom is 0.337 e. The Bertz CT molecular complexity index is 517. The molecule has 5 nitrogen and oxygen atoms in total. The average Bonchev–Trinajstić information content (AvgIpc) is 2.45. The number of carbonyl (C=O) groups excluding carboxylic acids is 1. The fourth-order valence-corrected chi connectivity index (χ4v) is 2.80. The Balaban J connectivity index is 2.26. The van der Waals surface area contributed by atoms with E-state index in [9.17, 15) is 4.79 Å². The Kier molecular flexibility index (Phi) is 4.73. The first-order valence-electron chi connectivity index (χ1n) is 7.11. The molecule has 0 aromatic heterocycles. The van der Waals surface area contributed by atoms with Gasteiger partial charge in [0.05, 0.1) is 19.8 Å². The van der Waals surface area contributed by atoms with E-state index in [2.05, 4.69) is 18.9 Å². The highest BCUT2D eigenvalue weighted by Gasteiger charge is 2.32. The maximum absolute atomic E-state index is 11.7. The summed E-state index contributed by atoms with van der Waals surface area (Å²) in [6, 6.07) is 5.09. The number of carbonyl (C=O) groups is 1. The molecule has 0 N–H and O–H groups in total. The van der Waals surface area contributed by atoms with Crippen LogP contribution in [0.1, 0.15) is 30.1 Å². The number of likely N-dealkylation sites (tertiary alicyclic amines) is 1. The third kappa shape index (κ3) is 3.67. The van der Waals surface area contributed by atoms with Gasteiger partial charge in [-0.25, -0.2) is 4.79 Å². The molecule has 21 heavy (non-hydrogen) atoms. The van der Waals surface area contributed by atoms with Gasteiger partial charge in [0.1, 0.15) is 5.60 Å². The van der Waals surface area contributed by atoms with Gasteiger partial charge in [-0.05, 0) is 51.6 Å². The van der Waals surface area contributed by atoms with Crippen LogP contribution in [0.25, 0.3) is 0 Å². The van der Waals surface area contributed by atoms with Crippen molar-refractivity contribution in [3.63, 3.8) is 0 Å². The van der Waals surface area contributed by atoms with Crippen molar-refractivity contribution < 1.29 is 19.0 Å². The molecule has 0 aliphatic carbocycles. The van der Waals surface area contributed by atoms with E-state index in [-0.39, 0.29) is 11.6 Å². The molecule has 0 saturated carbocycles. The van der Waals surface area contributed by atoms with Crippen molar-refractivity contribution in [2.24, 2.45) is 0 Å². The Labute approximate surface area is 125 Å². The molecule has 1 aliphatic heterocycles. The molecule has 1 aromatic carbocycles. The van der Waals surface area contributed by atoms with Gasteiger partial charge in [0.15, 0.2) is 11.5 Å². The Morgan fingerprint density at radius 3 is 2.67 bits per heavy atom. The molecular weight excluding hydrogens is 270 g/mol. The fraction of sp³-hybridized carbons (Fsp3) is 0.562. The first-order chi connectivity index (χ1) is 9.97. The molecule has 1 unspecified atom stereocenters. The second kappa shape index (κ2) is 6.35. The number of hydrogen-bond donors (Lipinski definition) is 0. The molecule has 0 radical (unpaired) electrons. The second-order valence-electron chi connectivity index (χ2n) is 5.75. The van der Waals surface area contributed by atoms with Gasteiger partial charge >= 0.3 is 5.97 Å². The molecule has 0 amide bonds. The highest BCUT2D eigenvalue weighted by atomic mass is 16.5. The summed E-state index contributed by atoms with van der Waals surface area (Å²) in [7, 11) is 5.04. The number of esters is 1. The molecule has 2 rings (SSSR count). The molecule has 1 aliphatic rings. The smallest absolute Gasteiger partial charge is 0.337 e. The topological polar surface area (TPSA) is 48.0 Å². The summed E-state index contributed by atoms with van der Waals surface area (Å²) in [5.41, 5.74) is 0.177. The lowest BCUT2D eigenvalue weighted by Gasteiger charge is -2.39. The maximum atomic E-state index is 11.7. The van der Waals surface area contributed by atoms with Crippen LogP contribution in [-0.2, 0) is 4.74 Å². The normalized spacial score (nSPS) is 22.7. The summed E-state index contributed by atoms with van der Waals surface area (Å²) < 4.78 is 16.3. The minimum Gasteiger partial charge on any atom is -0.493 e. The zero-order valence-corrected chi connectivity index (χ0v) is 13.1. The molecule has 1 fully saturated rings. The number of piperidine rings is 1. The van der Waals surface area contributed by atoms with Crippen molar-refractivity contribution in [2.45, 2.75) is 25.4 Å². The first kappa shape index (κ1) is 15.6. The van der Waals surface area contributed by atoms with E-state index in [1.807, 2.05) is 0 Å². The number of benzene rings is 1. The molecule has 1 atom stereocenters. The largest absolute Gasteiger partial charge is 0.493 e. The molecule has 0 bridgehead atoms. The minimum atomic E-state index is -0.381. The highest BCUT2D eigenvalue weighted by molar-refractivity contribution is 5.90. The van der Waals surface area contributed by atoms with Gasteiger partial charge < -0.3 is 19.1 Å².